The number of rotatable bonds is 6. The number of halogens is 1. The van der Waals surface area contributed by atoms with Crippen LogP contribution in [0.2, 0.25) is 0 Å². The third-order valence-corrected chi connectivity index (χ3v) is 5.63. The zero-order valence-corrected chi connectivity index (χ0v) is 19.7. The van der Waals surface area contributed by atoms with Crippen LogP contribution in [0.4, 0.5) is 5.69 Å². The van der Waals surface area contributed by atoms with Gasteiger partial charge in [0.1, 0.15) is 5.75 Å². The third kappa shape index (κ3) is 4.16. The predicted molar refractivity (Wildman–Crippen MR) is 132 cm³/mol. The summed E-state index contributed by atoms with van der Waals surface area (Å²) in [6.07, 6.45) is 1.68. The van der Waals surface area contributed by atoms with E-state index in [0.29, 0.717) is 29.2 Å². The SMILES string of the molecule is CCOc1cccc(-c2cc(-c3ccccn3)c(=O)n(-c3ccccc3Br)n2)c1N(C)C. The molecule has 0 aliphatic carbocycles. The molecule has 0 fully saturated rings. The largest absolute Gasteiger partial charge is 0.492 e. The van der Waals surface area contributed by atoms with Gasteiger partial charge in [-0.25, -0.2) is 0 Å². The Balaban J connectivity index is 2.05. The molecule has 0 aliphatic heterocycles. The normalized spacial score (nSPS) is 10.8. The lowest BCUT2D eigenvalue weighted by atomic mass is 10.0. The zero-order chi connectivity index (χ0) is 22.7. The van der Waals surface area contributed by atoms with E-state index in [4.69, 9.17) is 9.84 Å². The first-order valence-electron chi connectivity index (χ1n) is 10.3. The molecule has 162 valence electrons. The molecule has 0 bridgehead atoms. The van der Waals surface area contributed by atoms with Crippen molar-refractivity contribution in [2.75, 3.05) is 25.6 Å². The maximum Gasteiger partial charge on any atom is 0.281 e. The molecule has 7 heteroatoms. The minimum absolute atomic E-state index is 0.244. The Kier molecular flexibility index (Phi) is 6.37. The highest BCUT2D eigenvalue weighted by atomic mass is 79.9. The number of benzene rings is 2. The molecule has 0 aliphatic rings. The lowest BCUT2D eigenvalue weighted by Gasteiger charge is -2.22. The van der Waals surface area contributed by atoms with Crippen LogP contribution in [0.1, 0.15) is 6.92 Å². The molecular weight excluding hydrogens is 468 g/mol. The maximum absolute atomic E-state index is 13.5. The average Bonchev–Trinajstić information content (AvgIpc) is 2.80. The predicted octanol–water partition coefficient (Wildman–Crippen LogP) is 5.19. The highest BCUT2D eigenvalue weighted by Gasteiger charge is 2.19. The third-order valence-electron chi connectivity index (χ3n) is 4.96. The lowest BCUT2D eigenvalue weighted by molar-refractivity contribution is 0.341. The van der Waals surface area contributed by atoms with Crippen molar-refractivity contribution in [2.45, 2.75) is 6.92 Å². The summed E-state index contributed by atoms with van der Waals surface area (Å²) in [5.41, 5.74) is 3.87. The monoisotopic (exact) mass is 490 g/mol. The molecule has 0 saturated heterocycles. The first-order chi connectivity index (χ1) is 15.5. The van der Waals surface area contributed by atoms with Crippen molar-refractivity contribution in [3.63, 3.8) is 0 Å². The molecule has 6 nitrogen and oxygen atoms in total. The number of aromatic nitrogens is 3. The fraction of sp³-hybridized carbons (Fsp3) is 0.160. The van der Waals surface area contributed by atoms with Crippen LogP contribution >= 0.6 is 15.9 Å². The van der Waals surface area contributed by atoms with Gasteiger partial charge >= 0.3 is 0 Å². The Hall–Kier alpha value is -3.45. The van der Waals surface area contributed by atoms with Gasteiger partial charge in [-0.1, -0.05) is 30.3 Å². The topological polar surface area (TPSA) is 60.2 Å². The molecule has 2 aromatic heterocycles. The summed E-state index contributed by atoms with van der Waals surface area (Å²) in [5, 5.41) is 4.77. The summed E-state index contributed by atoms with van der Waals surface area (Å²) < 4.78 is 8.07. The minimum atomic E-state index is -0.244. The molecule has 0 saturated carbocycles. The molecule has 0 unspecified atom stereocenters. The van der Waals surface area contributed by atoms with Crippen molar-refractivity contribution in [2.24, 2.45) is 0 Å². The van der Waals surface area contributed by atoms with Crippen molar-refractivity contribution < 1.29 is 4.74 Å². The Morgan fingerprint density at radius 2 is 1.75 bits per heavy atom. The quantitative estimate of drug-likeness (QED) is 0.372. The first kappa shape index (κ1) is 21.8. The van der Waals surface area contributed by atoms with Crippen LogP contribution in [0.25, 0.3) is 28.2 Å². The molecule has 2 aromatic carbocycles. The van der Waals surface area contributed by atoms with Gasteiger partial charge < -0.3 is 9.64 Å². The second kappa shape index (κ2) is 9.36. The van der Waals surface area contributed by atoms with E-state index in [9.17, 15) is 4.79 Å². The van der Waals surface area contributed by atoms with Crippen molar-refractivity contribution in [1.82, 2.24) is 14.8 Å². The standard InChI is InChI=1S/C25H23BrN4O2/c1-4-32-23-14-9-10-17(24(23)29(2)3)21-16-18(20-12-7-8-15-27-20)25(31)30(28-21)22-13-6-5-11-19(22)26/h5-16H,4H2,1-3H3. The van der Waals surface area contributed by atoms with Crippen LogP contribution in [-0.4, -0.2) is 35.5 Å². The van der Waals surface area contributed by atoms with Crippen molar-refractivity contribution in [1.29, 1.82) is 0 Å². The van der Waals surface area contributed by atoms with Gasteiger partial charge in [-0.3, -0.25) is 9.78 Å². The molecule has 4 aromatic rings. The molecular formula is C25H23BrN4O2. The molecule has 32 heavy (non-hydrogen) atoms. The van der Waals surface area contributed by atoms with Crippen LogP contribution in [0.3, 0.4) is 0 Å². The van der Waals surface area contributed by atoms with Gasteiger partial charge in [0.05, 0.1) is 34.9 Å². The number of pyridine rings is 1. The number of ether oxygens (including phenoxy) is 1. The average molecular weight is 491 g/mol. The summed E-state index contributed by atoms with van der Waals surface area (Å²) >= 11 is 3.56. The van der Waals surface area contributed by atoms with Gasteiger partial charge in [-0.2, -0.15) is 9.78 Å². The van der Waals surface area contributed by atoms with Gasteiger partial charge in [0, 0.05) is 30.3 Å². The van der Waals surface area contributed by atoms with Crippen LogP contribution < -0.4 is 15.2 Å². The van der Waals surface area contributed by atoms with E-state index in [-0.39, 0.29) is 5.56 Å². The lowest BCUT2D eigenvalue weighted by Crippen LogP contribution is -2.24. The van der Waals surface area contributed by atoms with Crippen LogP contribution in [0.5, 0.6) is 5.75 Å². The summed E-state index contributed by atoms with van der Waals surface area (Å²) in [6, 6.07) is 20.7. The van der Waals surface area contributed by atoms with Gasteiger partial charge in [0.15, 0.2) is 0 Å². The first-order valence-corrected chi connectivity index (χ1v) is 11.0. The second-order valence-electron chi connectivity index (χ2n) is 7.31. The number of hydrogen-bond acceptors (Lipinski definition) is 5. The van der Waals surface area contributed by atoms with Crippen LogP contribution in [0, 0.1) is 0 Å². The van der Waals surface area contributed by atoms with Gasteiger partial charge in [-0.05, 0) is 59.3 Å². The summed E-state index contributed by atoms with van der Waals surface area (Å²) in [7, 11) is 3.93. The Bertz CT molecular complexity index is 1300. The van der Waals surface area contributed by atoms with E-state index in [0.717, 1.165) is 21.5 Å². The van der Waals surface area contributed by atoms with E-state index in [1.807, 2.05) is 86.6 Å². The summed E-state index contributed by atoms with van der Waals surface area (Å²) in [5.74, 6) is 0.759. The molecule has 0 spiro atoms. The fourth-order valence-corrected chi connectivity index (χ4v) is 4.03. The van der Waals surface area contributed by atoms with Crippen LogP contribution in [-0.2, 0) is 0 Å². The molecule has 0 N–H and O–H groups in total. The molecule has 2 heterocycles. The minimum Gasteiger partial charge on any atom is -0.492 e. The fourth-order valence-electron chi connectivity index (χ4n) is 3.58. The van der Waals surface area contributed by atoms with Crippen molar-refractivity contribution in [3.8, 4) is 34.0 Å². The molecule has 0 atom stereocenters. The number of hydrogen-bond donors (Lipinski definition) is 0. The Labute approximate surface area is 195 Å². The van der Waals surface area contributed by atoms with Gasteiger partial charge in [0.2, 0.25) is 0 Å². The number of para-hydroxylation sites is 2. The van der Waals surface area contributed by atoms with Crippen molar-refractivity contribution in [3.05, 3.63) is 87.8 Å². The maximum atomic E-state index is 13.5. The van der Waals surface area contributed by atoms with E-state index in [1.54, 1.807) is 12.3 Å². The summed E-state index contributed by atoms with van der Waals surface area (Å²) in [4.78, 5) is 19.9. The molecule has 4 rings (SSSR count). The van der Waals surface area contributed by atoms with E-state index >= 15 is 0 Å². The van der Waals surface area contributed by atoms with Crippen LogP contribution in [0.15, 0.2) is 82.2 Å². The Morgan fingerprint density at radius 1 is 0.969 bits per heavy atom. The summed E-state index contributed by atoms with van der Waals surface area (Å²) in [6.45, 7) is 2.50. The zero-order valence-electron chi connectivity index (χ0n) is 18.1. The van der Waals surface area contributed by atoms with E-state index < -0.39 is 0 Å². The highest BCUT2D eigenvalue weighted by molar-refractivity contribution is 9.10. The molecule has 0 amide bonds. The number of anilines is 1. The Morgan fingerprint density at radius 3 is 2.44 bits per heavy atom. The smallest absolute Gasteiger partial charge is 0.281 e. The van der Waals surface area contributed by atoms with Crippen molar-refractivity contribution >= 4 is 21.6 Å². The second-order valence-corrected chi connectivity index (χ2v) is 8.16. The van der Waals surface area contributed by atoms with Gasteiger partial charge in [-0.15, -0.1) is 0 Å². The number of nitrogens with zero attached hydrogens (tertiary/aromatic N) is 4. The highest BCUT2D eigenvalue weighted by Crippen LogP contribution is 2.37. The van der Waals surface area contributed by atoms with E-state index in [1.165, 1.54) is 4.68 Å². The van der Waals surface area contributed by atoms with E-state index in [2.05, 4.69) is 20.9 Å². The molecule has 0 radical (unpaired) electrons. The van der Waals surface area contributed by atoms with Gasteiger partial charge in [0.25, 0.3) is 5.56 Å².